The van der Waals surface area contributed by atoms with Crippen LogP contribution in [0.25, 0.3) is 0 Å². The van der Waals surface area contributed by atoms with E-state index in [0.717, 1.165) is 5.56 Å². The number of carboxylic acid groups (broad SMARTS) is 1. The first-order valence-electron chi connectivity index (χ1n) is 10.2. The molecular weight excluding hydrogens is 443 g/mol. The molecule has 0 saturated carbocycles. The van der Waals surface area contributed by atoms with Crippen LogP contribution in [-0.2, 0) is 15.1 Å². The van der Waals surface area contributed by atoms with Crippen LogP contribution >= 0.6 is 0 Å². The molecule has 1 aliphatic heterocycles. The molecule has 1 aromatic rings. The number of nitriles is 1. The number of ether oxygens (including phenoxy) is 1. The Morgan fingerprint density at radius 2 is 1.88 bits per heavy atom. The number of likely N-dealkylation sites (tertiary alicyclic amines) is 1. The van der Waals surface area contributed by atoms with Gasteiger partial charge in [0.2, 0.25) is 0 Å². The second-order valence-electron chi connectivity index (χ2n) is 9.06. The van der Waals surface area contributed by atoms with E-state index >= 15 is 0 Å². The Hall–Kier alpha value is -2.84. The van der Waals surface area contributed by atoms with E-state index in [-0.39, 0.29) is 12.0 Å². The number of rotatable bonds is 3. The average molecular weight is 473 g/mol. The van der Waals surface area contributed by atoms with Crippen LogP contribution in [0.15, 0.2) is 24.3 Å². The van der Waals surface area contributed by atoms with Crippen LogP contribution < -0.4 is 0 Å². The Morgan fingerprint density at radius 3 is 2.33 bits per heavy atom. The minimum absolute atomic E-state index is 0.187. The van der Waals surface area contributed by atoms with E-state index in [1.807, 2.05) is 45.8 Å². The normalized spacial score (nSPS) is 21.0. The van der Waals surface area contributed by atoms with E-state index in [1.54, 1.807) is 23.1 Å². The van der Waals surface area contributed by atoms with Crippen LogP contribution in [0.4, 0.5) is 18.0 Å². The van der Waals surface area contributed by atoms with Gasteiger partial charge in [0.05, 0.1) is 17.2 Å². The summed E-state index contributed by atoms with van der Waals surface area (Å²) in [5.74, 6) is -2.94. The van der Waals surface area contributed by atoms with Crippen molar-refractivity contribution in [3.8, 4) is 6.07 Å². The molecule has 11 heteroatoms. The zero-order chi connectivity index (χ0) is 25.6. The van der Waals surface area contributed by atoms with Gasteiger partial charge in [-0.2, -0.15) is 18.4 Å². The van der Waals surface area contributed by atoms with Crippen molar-refractivity contribution in [2.45, 2.75) is 44.6 Å². The summed E-state index contributed by atoms with van der Waals surface area (Å²) in [7, 11) is 3.89. The Bertz CT molecular complexity index is 877. The van der Waals surface area contributed by atoms with Crippen molar-refractivity contribution in [1.29, 1.82) is 5.26 Å². The van der Waals surface area contributed by atoms with Crippen LogP contribution in [0.1, 0.15) is 38.3 Å². The van der Waals surface area contributed by atoms with E-state index in [9.17, 15) is 23.1 Å². The lowest BCUT2D eigenvalue weighted by atomic mass is 9.75. The molecule has 0 radical (unpaired) electrons. The molecule has 0 bridgehead atoms. The fraction of sp³-hybridized carbons (Fsp3) is 0.591. The number of carbonyl (C=O) groups excluding carboxylic acids is 1. The van der Waals surface area contributed by atoms with E-state index in [0.29, 0.717) is 31.6 Å². The van der Waals surface area contributed by atoms with Gasteiger partial charge in [0.15, 0.2) is 0 Å². The lowest BCUT2D eigenvalue weighted by Crippen LogP contribution is -2.55. The smallest absolute Gasteiger partial charge is 0.475 e. The second-order valence-corrected chi connectivity index (χ2v) is 9.06. The highest BCUT2D eigenvalue weighted by atomic mass is 19.4. The van der Waals surface area contributed by atoms with Crippen molar-refractivity contribution in [3.05, 3.63) is 35.4 Å². The fourth-order valence-corrected chi connectivity index (χ4v) is 3.40. The predicted octanol–water partition coefficient (Wildman–Crippen LogP) is 3.20. The summed E-state index contributed by atoms with van der Waals surface area (Å²) in [6.45, 7) is 6.96. The third-order valence-electron chi connectivity index (χ3n) is 4.85. The largest absolute Gasteiger partial charge is 0.490 e. The first-order valence-corrected chi connectivity index (χ1v) is 10.2. The maximum atomic E-state index is 12.5. The highest BCUT2D eigenvalue weighted by Crippen LogP contribution is 2.38. The zero-order valence-corrected chi connectivity index (χ0v) is 19.3. The topological polar surface area (TPSA) is 114 Å². The molecule has 1 aromatic carbocycles. The first kappa shape index (κ1) is 28.2. The van der Waals surface area contributed by atoms with Crippen molar-refractivity contribution in [1.82, 2.24) is 9.80 Å². The highest BCUT2D eigenvalue weighted by molar-refractivity contribution is 5.73. The third-order valence-corrected chi connectivity index (χ3v) is 4.85. The van der Waals surface area contributed by atoms with Crippen LogP contribution in [-0.4, -0.2) is 77.6 Å². The summed E-state index contributed by atoms with van der Waals surface area (Å²) in [6.07, 6.45) is -5.03. The Kier molecular flexibility index (Phi) is 9.27. The van der Waals surface area contributed by atoms with Crippen LogP contribution in [0.2, 0.25) is 0 Å². The molecule has 2 N–H and O–H groups in total. The van der Waals surface area contributed by atoms with Crippen LogP contribution in [0.3, 0.4) is 0 Å². The monoisotopic (exact) mass is 473 g/mol. The number of alkyl halides is 3. The maximum absolute atomic E-state index is 12.5. The molecule has 1 amide bonds. The van der Waals surface area contributed by atoms with Gasteiger partial charge >= 0.3 is 18.2 Å². The summed E-state index contributed by atoms with van der Waals surface area (Å²) >= 11 is 0. The number of piperidine rings is 1. The molecule has 33 heavy (non-hydrogen) atoms. The molecule has 8 nitrogen and oxygen atoms in total. The van der Waals surface area contributed by atoms with Gasteiger partial charge in [-0.15, -0.1) is 0 Å². The molecule has 0 aromatic heterocycles. The summed E-state index contributed by atoms with van der Waals surface area (Å²) in [5.41, 5.74) is -0.389. The van der Waals surface area contributed by atoms with Crippen molar-refractivity contribution >= 4 is 12.1 Å². The van der Waals surface area contributed by atoms with Gasteiger partial charge in [-0.3, -0.25) is 0 Å². The maximum Gasteiger partial charge on any atom is 0.490 e. The summed E-state index contributed by atoms with van der Waals surface area (Å²) in [6, 6.07) is 9.24. The molecule has 2 rings (SSSR count). The summed E-state index contributed by atoms with van der Waals surface area (Å²) < 4.78 is 37.2. The summed E-state index contributed by atoms with van der Waals surface area (Å²) in [5, 5.41) is 27.8. The number of hydrogen-bond donors (Lipinski definition) is 2. The van der Waals surface area contributed by atoms with Crippen LogP contribution in [0.5, 0.6) is 0 Å². The number of halogens is 3. The number of nitrogens with zero attached hydrogens (tertiary/aromatic N) is 3. The SMILES string of the molecule is CN(C)CC1CN(C(=O)OC(C)(C)C)CCC1(O)c1cccc(C#N)c1.O=C(O)C(F)(F)F. The van der Waals surface area contributed by atoms with Crippen molar-refractivity contribution < 1.29 is 37.7 Å². The number of amides is 1. The van der Waals surface area contributed by atoms with Crippen LogP contribution in [0, 0.1) is 17.2 Å². The minimum atomic E-state index is -5.08. The predicted molar refractivity (Wildman–Crippen MR) is 113 cm³/mol. The summed E-state index contributed by atoms with van der Waals surface area (Å²) in [4.78, 5) is 25.0. The fourth-order valence-electron chi connectivity index (χ4n) is 3.40. The Morgan fingerprint density at radius 1 is 1.30 bits per heavy atom. The molecule has 2 unspecified atom stereocenters. The number of carboxylic acids is 1. The Labute approximate surface area is 191 Å². The average Bonchev–Trinajstić information content (AvgIpc) is 2.67. The molecular formula is C22H30F3N3O5. The van der Waals surface area contributed by atoms with Crippen molar-refractivity contribution in [3.63, 3.8) is 0 Å². The van der Waals surface area contributed by atoms with Gasteiger partial charge in [0.25, 0.3) is 0 Å². The zero-order valence-electron chi connectivity index (χ0n) is 19.3. The molecule has 0 spiro atoms. The molecule has 1 saturated heterocycles. The molecule has 1 aliphatic rings. The Balaban J connectivity index is 0.000000675. The number of benzene rings is 1. The van der Waals surface area contributed by atoms with Gasteiger partial charge < -0.3 is 24.7 Å². The van der Waals surface area contributed by atoms with Gasteiger partial charge in [-0.05, 0) is 59.0 Å². The lowest BCUT2D eigenvalue weighted by molar-refractivity contribution is -0.192. The molecule has 2 atom stereocenters. The molecule has 184 valence electrons. The number of aliphatic carboxylic acids is 1. The third kappa shape index (κ3) is 8.55. The lowest BCUT2D eigenvalue weighted by Gasteiger charge is -2.46. The van der Waals surface area contributed by atoms with Gasteiger partial charge in [-0.25, -0.2) is 9.59 Å². The minimum Gasteiger partial charge on any atom is -0.475 e. The molecule has 1 fully saturated rings. The molecule has 1 heterocycles. The van der Waals surface area contributed by atoms with Crippen molar-refractivity contribution in [2.24, 2.45) is 5.92 Å². The quantitative estimate of drug-likeness (QED) is 0.693. The number of aliphatic hydroxyl groups is 1. The van der Waals surface area contributed by atoms with E-state index in [2.05, 4.69) is 6.07 Å². The van der Waals surface area contributed by atoms with Gasteiger partial charge in [0.1, 0.15) is 5.60 Å². The highest BCUT2D eigenvalue weighted by Gasteiger charge is 2.45. The first-order chi connectivity index (χ1) is 15.0. The van der Waals surface area contributed by atoms with E-state index in [1.165, 1.54) is 0 Å². The number of carbonyl (C=O) groups is 2. The van der Waals surface area contributed by atoms with Gasteiger partial charge in [0, 0.05) is 25.6 Å². The van der Waals surface area contributed by atoms with E-state index in [4.69, 9.17) is 19.9 Å². The molecule has 0 aliphatic carbocycles. The second kappa shape index (κ2) is 10.9. The van der Waals surface area contributed by atoms with E-state index < -0.39 is 23.3 Å². The van der Waals surface area contributed by atoms with Gasteiger partial charge in [-0.1, -0.05) is 12.1 Å². The standard InChI is InChI=1S/C20H29N3O3.C2HF3O2/c1-19(2,3)26-18(24)23-10-9-20(25,17(14-23)13-22(4)5)16-8-6-7-15(11-16)12-21;3-2(4,5)1(6)7/h6-8,11,17,25H,9-10,13-14H2,1-5H3;(H,6,7). The number of hydrogen-bond acceptors (Lipinski definition) is 6. The van der Waals surface area contributed by atoms with Crippen molar-refractivity contribution in [2.75, 3.05) is 33.7 Å².